The fraction of sp³-hybridized carbons (Fsp3) is 0.250. The predicted molar refractivity (Wildman–Crippen MR) is 99.9 cm³/mol. The van der Waals surface area contributed by atoms with Crippen molar-refractivity contribution in [1.82, 2.24) is 0 Å². The highest BCUT2D eigenvalue weighted by Crippen LogP contribution is 2.37. The van der Waals surface area contributed by atoms with Crippen LogP contribution in [0, 0.1) is 0 Å². The minimum atomic E-state index is 0.0830. The summed E-state index contributed by atoms with van der Waals surface area (Å²) in [6.45, 7) is 2.81. The molecule has 0 saturated heterocycles. The number of hydrogen-bond acceptors (Lipinski definition) is 1. The van der Waals surface area contributed by atoms with Crippen molar-refractivity contribution in [3.8, 4) is 5.75 Å². The van der Waals surface area contributed by atoms with Gasteiger partial charge < -0.3 is 4.74 Å². The van der Waals surface area contributed by atoms with Gasteiger partial charge in [0.2, 0.25) is 0 Å². The van der Waals surface area contributed by atoms with Crippen molar-refractivity contribution in [1.29, 1.82) is 0 Å². The van der Waals surface area contributed by atoms with Gasteiger partial charge in [-0.3, -0.25) is 0 Å². The Hall–Kier alpha value is -0.0300. The summed E-state index contributed by atoms with van der Waals surface area (Å²) in [6, 6.07) is 12.1. The van der Waals surface area contributed by atoms with Crippen LogP contribution in [0.2, 0.25) is 5.02 Å². The highest BCUT2D eigenvalue weighted by Gasteiger charge is 2.13. The lowest BCUT2D eigenvalue weighted by molar-refractivity contribution is 0.315. The summed E-state index contributed by atoms with van der Waals surface area (Å²) in [4.78, 5) is 0.0830. The highest BCUT2D eigenvalue weighted by molar-refractivity contribution is 9.11. The molecule has 112 valence electrons. The summed E-state index contributed by atoms with van der Waals surface area (Å²) < 4.78 is 7.53. The molecular weight excluding hydrogens is 483 g/mol. The Bertz CT molecular complexity index is 631. The molecule has 0 radical (unpaired) electrons. The minimum Gasteiger partial charge on any atom is -0.492 e. The van der Waals surface area contributed by atoms with E-state index in [0.717, 1.165) is 38.8 Å². The maximum Gasteiger partial charge on any atom is 0.133 e. The van der Waals surface area contributed by atoms with Crippen molar-refractivity contribution in [3.05, 3.63) is 61.5 Å². The van der Waals surface area contributed by atoms with Crippen LogP contribution in [0.25, 0.3) is 0 Å². The standard InChI is InChI=1S/C16H14Br3ClO/c1-2-7-21-15-6-4-10(8-13(15)18)16(19)11-3-5-12(17)14(20)9-11/h3-6,8-9,16H,2,7H2,1H3. The molecular formula is C16H14Br3ClO. The molecule has 0 aliphatic carbocycles. The molecule has 0 aliphatic rings. The maximum atomic E-state index is 6.16. The zero-order chi connectivity index (χ0) is 15.4. The van der Waals surface area contributed by atoms with Crippen molar-refractivity contribution in [2.45, 2.75) is 18.2 Å². The van der Waals surface area contributed by atoms with Gasteiger partial charge in [0.15, 0.2) is 0 Å². The third-order valence-electron chi connectivity index (χ3n) is 2.95. The highest BCUT2D eigenvalue weighted by atomic mass is 79.9. The lowest BCUT2D eigenvalue weighted by Gasteiger charge is -2.14. The SMILES string of the molecule is CCCOc1ccc(C(Br)c2ccc(Br)c(Cl)c2)cc1Br. The summed E-state index contributed by atoms with van der Waals surface area (Å²) in [5, 5.41) is 0.707. The van der Waals surface area contributed by atoms with Crippen molar-refractivity contribution in [3.63, 3.8) is 0 Å². The Balaban J connectivity index is 2.24. The molecule has 0 N–H and O–H groups in total. The van der Waals surface area contributed by atoms with Gasteiger partial charge in [0.05, 0.1) is 20.9 Å². The lowest BCUT2D eigenvalue weighted by Crippen LogP contribution is -1.98. The van der Waals surface area contributed by atoms with E-state index in [1.807, 2.05) is 24.3 Å². The summed E-state index contributed by atoms with van der Waals surface area (Å²) in [5.74, 6) is 0.870. The second-order valence-corrected chi connectivity index (χ2v) is 7.61. The van der Waals surface area contributed by atoms with Crippen LogP contribution in [0.3, 0.4) is 0 Å². The van der Waals surface area contributed by atoms with Crippen LogP contribution in [0.5, 0.6) is 5.75 Å². The number of ether oxygens (including phenoxy) is 1. The van der Waals surface area contributed by atoms with Crippen LogP contribution < -0.4 is 4.74 Å². The molecule has 1 nitrogen and oxygen atoms in total. The van der Waals surface area contributed by atoms with Gasteiger partial charge in [-0.15, -0.1) is 0 Å². The van der Waals surface area contributed by atoms with E-state index in [0.29, 0.717) is 5.02 Å². The summed E-state index contributed by atoms with van der Waals surface area (Å²) in [7, 11) is 0. The number of benzene rings is 2. The molecule has 0 saturated carbocycles. The van der Waals surface area contributed by atoms with Gasteiger partial charge in [-0.05, 0) is 73.7 Å². The van der Waals surface area contributed by atoms with E-state index in [1.54, 1.807) is 0 Å². The van der Waals surface area contributed by atoms with Crippen molar-refractivity contribution in [2.24, 2.45) is 0 Å². The molecule has 0 aromatic heterocycles. The molecule has 1 unspecified atom stereocenters. The van der Waals surface area contributed by atoms with E-state index in [2.05, 4.69) is 66.8 Å². The molecule has 21 heavy (non-hydrogen) atoms. The summed E-state index contributed by atoms with van der Waals surface area (Å²) in [5.41, 5.74) is 2.25. The first-order valence-electron chi connectivity index (χ1n) is 6.54. The average Bonchev–Trinajstić information content (AvgIpc) is 2.48. The van der Waals surface area contributed by atoms with Gasteiger partial charge in [-0.25, -0.2) is 0 Å². The van der Waals surface area contributed by atoms with Crippen molar-refractivity contribution in [2.75, 3.05) is 6.61 Å². The van der Waals surface area contributed by atoms with Gasteiger partial charge in [0.1, 0.15) is 5.75 Å². The smallest absolute Gasteiger partial charge is 0.133 e. The predicted octanol–water partition coefficient (Wildman–Crippen LogP) is 7.14. The Morgan fingerprint density at radius 1 is 1.05 bits per heavy atom. The van der Waals surface area contributed by atoms with Crippen molar-refractivity contribution < 1.29 is 4.74 Å². The molecule has 5 heteroatoms. The fourth-order valence-electron chi connectivity index (χ4n) is 1.87. The minimum absolute atomic E-state index is 0.0830. The molecule has 2 rings (SSSR count). The molecule has 2 aromatic carbocycles. The van der Waals surface area contributed by atoms with Crippen LogP contribution in [0.4, 0.5) is 0 Å². The van der Waals surface area contributed by atoms with E-state index in [-0.39, 0.29) is 4.83 Å². The van der Waals surface area contributed by atoms with Gasteiger partial charge in [-0.1, -0.05) is 46.6 Å². The first-order valence-corrected chi connectivity index (χ1v) is 9.42. The van der Waals surface area contributed by atoms with Gasteiger partial charge in [0.25, 0.3) is 0 Å². The molecule has 0 heterocycles. The number of hydrogen-bond donors (Lipinski definition) is 0. The molecule has 1 atom stereocenters. The quantitative estimate of drug-likeness (QED) is 0.399. The number of halogens is 4. The molecule has 0 fully saturated rings. The van der Waals surface area contributed by atoms with Gasteiger partial charge in [0, 0.05) is 4.47 Å². The van der Waals surface area contributed by atoms with Crippen LogP contribution in [-0.4, -0.2) is 6.61 Å². The number of rotatable bonds is 5. The van der Waals surface area contributed by atoms with Gasteiger partial charge in [-0.2, -0.15) is 0 Å². The van der Waals surface area contributed by atoms with E-state index in [1.165, 1.54) is 0 Å². The molecule has 0 amide bonds. The Morgan fingerprint density at radius 2 is 1.71 bits per heavy atom. The second-order valence-electron chi connectivity index (χ2n) is 4.57. The van der Waals surface area contributed by atoms with E-state index in [9.17, 15) is 0 Å². The van der Waals surface area contributed by atoms with Crippen LogP contribution in [0.15, 0.2) is 45.3 Å². The van der Waals surface area contributed by atoms with Crippen LogP contribution in [0.1, 0.15) is 29.3 Å². The first kappa shape index (κ1) is 17.3. The molecule has 0 aliphatic heterocycles. The van der Waals surface area contributed by atoms with Crippen LogP contribution in [-0.2, 0) is 0 Å². The fourth-order valence-corrected chi connectivity index (χ4v) is 3.38. The Labute approximate surface area is 155 Å². The normalized spacial score (nSPS) is 12.2. The van der Waals surface area contributed by atoms with Gasteiger partial charge >= 0.3 is 0 Å². The largest absolute Gasteiger partial charge is 0.492 e. The van der Waals surface area contributed by atoms with Crippen molar-refractivity contribution >= 4 is 59.4 Å². The second kappa shape index (κ2) is 8.00. The molecule has 2 aromatic rings. The third kappa shape index (κ3) is 4.47. The van der Waals surface area contributed by atoms with E-state index < -0.39 is 0 Å². The van der Waals surface area contributed by atoms with E-state index >= 15 is 0 Å². The topological polar surface area (TPSA) is 9.23 Å². The zero-order valence-corrected chi connectivity index (χ0v) is 16.9. The summed E-state index contributed by atoms with van der Waals surface area (Å²) in [6.07, 6.45) is 0.993. The Kier molecular flexibility index (Phi) is 6.60. The average molecular weight is 497 g/mol. The lowest BCUT2D eigenvalue weighted by atomic mass is 10.0. The number of alkyl halides is 1. The maximum absolute atomic E-state index is 6.16. The zero-order valence-electron chi connectivity index (χ0n) is 11.4. The third-order valence-corrected chi connectivity index (χ3v) is 5.86. The summed E-state index contributed by atoms with van der Waals surface area (Å²) >= 11 is 16.9. The van der Waals surface area contributed by atoms with Crippen LogP contribution >= 0.6 is 59.4 Å². The molecule has 0 bridgehead atoms. The first-order chi connectivity index (χ1) is 10.0. The Morgan fingerprint density at radius 3 is 2.33 bits per heavy atom. The molecule has 0 spiro atoms. The monoisotopic (exact) mass is 494 g/mol. The van der Waals surface area contributed by atoms with E-state index in [4.69, 9.17) is 16.3 Å².